The summed E-state index contributed by atoms with van der Waals surface area (Å²) in [7, 11) is 0. The zero-order valence-corrected chi connectivity index (χ0v) is 10.9. The van der Waals surface area contributed by atoms with E-state index in [4.69, 9.17) is 11.5 Å². The number of carbonyl (C=O) groups excluding carboxylic acids is 2. The van der Waals surface area contributed by atoms with Crippen LogP contribution in [0.1, 0.15) is 58.3 Å². The molecule has 0 radical (unpaired) electrons. The molecule has 1 unspecified atom stereocenters. The third-order valence-corrected chi connectivity index (χ3v) is 2.83. The average Bonchev–Trinajstić information content (AvgIpc) is 2.28. The topological polar surface area (TPSA) is 86.2 Å². The molecule has 1 atom stereocenters. The van der Waals surface area contributed by atoms with Crippen molar-refractivity contribution in [2.24, 2.45) is 11.5 Å². The molecule has 4 nitrogen and oxygen atoms in total. The fourth-order valence-corrected chi connectivity index (χ4v) is 1.70. The van der Waals surface area contributed by atoms with Gasteiger partial charge in [-0.15, -0.1) is 0 Å². The molecule has 0 spiro atoms. The zero-order valence-electron chi connectivity index (χ0n) is 10.9. The Kier molecular flexibility index (Phi) is 9.96. The Labute approximate surface area is 104 Å². The van der Waals surface area contributed by atoms with Gasteiger partial charge in [0.15, 0.2) is 0 Å². The highest BCUT2D eigenvalue weighted by Gasteiger charge is 2.12. The highest BCUT2D eigenvalue weighted by atomic mass is 16.1. The fraction of sp³-hybridized carbons (Fsp3) is 0.846. The van der Waals surface area contributed by atoms with E-state index in [1.165, 1.54) is 0 Å². The summed E-state index contributed by atoms with van der Waals surface area (Å²) in [4.78, 5) is 22.3. The van der Waals surface area contributed by atoms with Gasteiger partial charge in [-0.25, -0.2) is 0 Å². The third kappa shape index (κ3) is 10.1. The molecule has 0 aromatic carbocycles. The molecular weight excluding hydrogens is 216 g/mol. The monoisotopic (exact) mass is 242 g/mol. The van der Waals surface area contributed by atoms with Gasteiger partial charge >= 0.3 is 0 Å². The van der Waals surface area contributed by atoms with Crippen LogP contribution in [-0.2, 0) is 9.59 Å². The molecule has 0 rings (SSSR count). The smallest absolute Gasteiger partial charge is 0.149 e. The lowest BCUT2D eigenvalue weighted by molar-refractivity contribution is -0.120. The van der Waals surface area contributed by atoms with E-state index in [1.807, 2.05) is 0 Å². The van der Waals surface area contributed by atoms with Crippen LogP contribution >= 0.6 is 0 Å². The van der Waals surface area contributed by atoms with Crippen LogP contribution in [0.25, 0.3) is 0 Å². The third-order valence-electron chi connectivity index (χ3n) is 2.83. The highest BCUT2D eigenvalue weighted by molar-refractivity contribution is 5.83. The largest absolute Gasteiger partial charge is 0.330 e. The van der Waals surface area contributed by atoms with Crippen molar-refractivity contribution in [3.8, 4) is 0 Å². The molecule has 100 valence electrons. The Balaban J connectivity index is 3.47. The molecule has 4 heteroatoms. The van der Waals surface area contributed by atoms with Crippen LogP contribution in [-0.4, -0.2) is 24.2 Å². The Morgan fingerprint density at radius 1 is 1.00 bits per heavy atom. The number of unbranched alkanes of at least 4 members (excludes halogenated alkanes) is 3. The summed E-state index contributed by atoms with van der Waals surface area (Å²) in [5, 5.41) is 0. The maximum Gasteiger partial charge on any atom is 0.149 e. The van der Waals surface area contributed by atoms with Crippen LogP contribution in [0.3, 0.4) is 0 Å². The standard InChI is InChI=1S/C13H26N2O2/c1-11(16)7-3-2-4-9-13(17)12(15)8-5-6-10-14/h12H,2-10,14-15H2,1H3. The van der Waals surface area contributed by atoms with Gasteiger partial charge < -0.3 is 16.3 Å². The van der Waals surface area contributed by atoms with Crippen molar-refractivity contribution in [2.75, 3.05) is 6.54 Å². The number of carbonyl (C=O) groups is 2. The predicted octanol–water partition coefficient (Wildman–Crippen LogP) is 1.55. The van der Waals surface area contributed by atoms with Gasteiger partial charge in [-0.3, -0.25) is 4.79 Å². The summed E-state index contributed by atoms with van der Waals surface area (Å²) in [6.07, 6.45) is 6.41. The summed E-state index contributed by atoms with van der Waals surface area (Å²) < 4.78 is 0. The summed E-state index contributed by atoms with van der Waals surface area (Å²) in [5.74, 6) is 0.361. The maximum atomic E-state index is 11.6. The summed E-state index contributed by atoms with van der Waals surface area (Å²) in [6, 6.07) is -0.325. The van der Waals surface area contributed by atoms with Gasteiger partial charge in [-0.1, -0.05) is 12.8 Å². The van der Waals surface area contributed by atoms with Gasteiger partial charge in [-0.05, 0) is 39.2 Å². The second-order valence-corrected chi connectivity index (χ2v) is 4.62. The maximum absolute atomic E-state index is 11.6. The quantitative estimate of drug-likeness (QED) is 0.538. The van der Waals surface area contributed by atoms with Crippen LogP contribution < -0.4 is 11.5 Å². The Morgan fingerprint density at radius 3 is 2.24 bits per heavy atom. The molecule has 0 bridgehead atoms. The number of rotatable bonds is 11. The van der Waals surface area contributed by atoms with Gasteiger partial charge in [0.05, 0.1) is 6.04 Å². The summed E-state index contributed by atoms with van der Waals surface area (Å²) >= 11 is 0. The van der Waals surface area contributed by atoms with Crippen molar-refractivity contribution >= 4 is 11.6 Å². The van der Waals surface area contributed by atoms with Crippen LogP contribution in [0, 0.1) is 0 Å². The summed E-state index contributed by atoms with van der Waals surface area (Å²) in [6.45, 7) is 2.25. The predicted molar refractivity (Wildman–Crippen MR) is 69.7 cm³/mol. The first-order valence-corrected chi connectivity index (χ1v) is 6.55. The van der Waals surface area contributed by atoms with Gasteiger partial charge in [0.1, 0.15) is 11.6 Å². The van der Waals surface area contributed by atoms with Gasteiger partial charge in [0.2, 0.25) is 0 Å². The van der Waals surface area contributed by atoms with Crippen LogP contribution in [0.15, 0.2) is 0 Å². The Hall–Kier alpha value is -0.740. The number of Topliss-reactive ketones (excluding diaryl/α,β-unsaturated/α-hetero) is 2. The average molecular weight is 242 g/mol. The van der Waals surface area contributed by atoms with Crippen molar-refractivity contribution in [3.05, 3.63) is 0 Å². The lowest BCUT2D eigenvalue weighted by Crippen LogP contribution is -2.30. The van der Waals surface area contributed by atoms with Crippen LogP contribution in [0.5, 0.6) is 0 Å². The van der Waals surface area contributed by atoms with Crippen LogP contribution in [0.4, 0.5) is 0 Å². The second kappa shape index (κ2) is 10.4. The molecule has 0 aliphatic heterocycles. The molecule has 0 saturated carbocycles. The molecule has 0 aliphatic carbocycles. The van der Waals surface area contributed by atoms with Gasteiger partial charge in [0.25, 0.3) is 0 Å². The summed E-state index contributed by atoms with van der Waals surface area (Å²) in [5.41, 5.74) is 11.2. The van der Waals surface area contributed by atoms with Gasteiger partial charge in [0, 0.05) is 12.8 Å². The zero-order chi connectivity index (χ0) is 13.1. The molecule has 4 N–H and O–H groups in total. The molecular formula is C13H26N2O2. The van der Waals surface area contributed by atoms with E-state index in [0.29, 0.717) is 19.4 Å². The normalized spacial score (nSPS) is 12.4. The van der Waals surface area contributed by atoms with E-state index in [1.54, 1.807) is 6.92 Å². The van der Waals surface area contributed by atoms with E-state index in [0.717, 1.165) is 38.5 Å². The lowest BCUT2D eigenvalue weighted by Gasteiger charge is -2.09. The molecule has 0 aliphatic rings. The molecule has 0 amide bonds. The fourth-order valence-electron chi connectivity index (χ4n) is 1.70. The first-order valence-electron chi connectivity index (χ1n) is 6.55. The van der Waals surface area contributed by atoms with Crippen molar-refractivity contribution in [1.82, 2.24) is 0 Å². The molecule has 0 heterocycles. The van der Waals surface area contributed by atoms with E-state index < -0.39 is 0 Å². The molecule has 0 aromatic heterocycles. The van der Waals surface area contributed by atoms with Crippen LogP contribution in [0.2, 0.25) is 0 Å². The number of hydrogen-bond donors (Lipinski definition) is 2. The van der Waals surface area contributed by atoms with Crippen molar-refractivity contribution < 1.29 is 9.59 Å². The first-order chi connectivity index (χ1) is 8.07. The minimum Gasteiger partial charge on any atom is -0.330 e. The van der Waals surface area contributed by atoms with E-state index in [-0.39, 0.29) is 17.6 Å². The highest BCUT2D eigenvalue weighted by Crippen LogP contribution is 2.07. The van der Waals surface area contributed by atoms with Crippen molar-refractivity contribution in [3.63, 3.8) is 0 Å². The molecule has 0 saturated heterocycles. The molecule has 17 heavy (non-hydrogen) atoms. The van der Waals surface area contributed by atoms with Crippen molar-refractivity contribution in [1.29, 1.82) is 0 Å². The van der Waals surface area contributed by atoms with E-state index in [9.17, 15) is 9.59 Å². The SMILES string of the molecule is CC(=O)CCCCCC(=O)C(N)CCCCN. The lowest BCUT2D eigenvalue weighted by atomic mass is 10.0. The van der Waals surface area contributed by atoms with Crippen molar-refractivity contribution in [2.45, 2.75) is 64.3 Å². The Morgan fingerprint density at radius 2 is 1.65 bits per heavy atom. The molecule has 0 fully saturated rings. The first kappa shape index (κ1) is 16.3. The Bertz CT molecular complexity index is 229. The number of hydrogen-bond acceptors (Lipinski definition) is 4. The minimum absolute atomic E-state index is 0.143. The van der Waals surface area contributed by atoms with Gasteiger partial charge in [-0.2, -0.15) is 0 Å². The molecule has 0 aromatic rings. The minimum atomic E-state index is -0.325. The van der Waals surface area contributed by atoms with E-state index >= 15 is 0 Å². The second-order valence-electron chi connectivity index (χ2n) is 4.62. The van der Waals surface area contributed by atoms with E-state index in [2.05, 4.69) is 0 Å². The number of ketones is 2. The number of nitrogens with two attached hydrogens (primary N) is 2.